The van der Waals surface area contributed by atoms with Crippen LogP contribution in [-0.2, 0) is 30.8 Å². The highest BCUT2D eigenvalue weighted by Crippen LogP contribution is 2.17. The van der Waals surface area contributed by atoms with Crippen LogP contribution in [0.15, 0.2) is 41.2 Å². The van der Waals surface area contributed by atoms with Crippen LogP contribution in [0, 0.1) is 0 Å². The quantitative estimate of drug-likeness (QED) is 0.667. The van der Waals surface area contributed by atoms with Gasteiger partial charge >= 0.3 is 0 Å². The Morgan fingerprint density at radius 1 is 1.37 bits per heavy atom. The number of halogens is 1. The third kappa shape index (κ3) is 4.72. The Morgan fingerprint density at radius 3 is 3.11 bits per heavy atom. The zero-order valence-corrected chi connectivity index (χ0v) is 15.5. The SMILES string of the molecule is Cl.O=C(CCc1cc2n(n1)CCNC2)NCc1cc(-c2cccnc2)no1. The van der Waals surface area contributed by atoms with Crippen LogP contribution in [0.25, 0.3) is 11.3 Å². The molecular weight excluding hydrogens is 368 g/mol. The molecule has 1 amide bonds. The highest BCUT2D eigenvalue weighted by atomic mass is 35.5. The number of aromatic nitrogens is 4. The van der Waals surface area contributed by atoms with Crippen molar-refractivity contribution in [3.8, 4) is 11.3 Å². The topological polar surface area (TPSA) is 97.9 Å². The molecule has 1 aliphatic rings. The number of hydrogen-bond donors (Lipinski definition) is 2. The standard InChI is InChI=1S/C18H20N6O2.ClH/c25-18(4-3-14-8-15-11-20-6-7-24(15)22-14)21-12-16-9-17(23-26-16)13-2-1-5-19-10-13;/h1-2,5,8-10,20H,3-4,6-7,11-12H2,(H,21,25);1H. The fourth-order valence-electron chi connectivity index (χ4n) is 2.94. The van der Waals surface area contributed by atoms with Crippen LogP contribution in [0.2, 0.25) is 0 Å². The van der Waals surface area contributed by atoms with Gasteiger partial charge in [-0.3, -0.25) is 14.5 Å². The predicted octanol–water partition coefficient (Wildman–Crippen LogP) is 1.71. The van der Waals surface area contributed by atoms with E-state index in [-0.39, 0.29) is 18.3 Å². The van der Waals surface area contributed by atoms with Crippen molar-refractivity contribution in [2.45, 2.75) is 32.5 Å². The summed E-state index contributed by atoms with van der Waals surface area (Å²) in [5.41, 5.74) is 3.72. The molecule has 0 aromatic carbocycles. The minimum absolute atomic E-state index is 0. The Morgan fingerprint density at radius 2 is 2.30 bits per heavy atom. The number of fused-ring (bicyclic) bond motifs is 1. The van der Waals surface area contributed by atoms with E-state index in [9.17, 15) is 4.79 Å². The van der Waals surface area contributed by atoms with Gasteiger partial charge in [-0.25, -0.2) is 0 Å². The molecular formula is C18H21ClN6O2. The molecule has 142 valence electrons. The van der Waals surface area contributed by atoms with Gasteiger partial charge in [0.2, 0.25) is 5.91 Å². The molecule has 9 heteroatoms. The molecule has 3 aromatic heterocycles. The number of aryl methyl sites for hydroxylation is 1. The van der Waals surface area contributed by atoms with Crippen molar-refractivity contribution < 1.29 is 9.32 Å². The normalized spacial score (nSPS) is 12.9. The van der Waals surface area contributed by atoms with Crippen LogP contribution in [0.3, 0.4) is 0 Å². The summed E-state index contributed by atoms with van der Waals surface area (Å²) >= 11 is 0. The minimum Gasteiger partial charge on any atom is -0.359 e. The van der Waals surface area contributed by atoms with Gasteiger partial charge in [0.15, 0.2) is 5.76 Å². The number of hydrogen-bond acceptors (Lipinski definition) is 6. The molecule has 0 spiro atoms. The summed E-state index contributed by atoms with van der Waals surface area (Å²) in [7, 11) is 0. The fourth-order valence-corrected chi connectivity index (χ4v) is 2.94. The van der Waals surface area contributed by atoms with Crippen molar-refractivity contribution in [1.82, 2.24) is 30.6 Å². The minimum atomic E-state index is -0.0339. The van der Waals surface area contributed by atoms with Crippen molar-refractivity contribution in [2.24, 2.45) is 0 Å². The first-order chi connectivity index (χ1) is 12.8. The van der Waals surface area contributed by atoms with Crippen molar-refractivity contribution in [2.75, 3.05) is 6.54 Å². The van der Waals surface area contributed by atoms with Crippen molar-refractivity contribution >= 4 is 18.3 Å². The summed E-state index contributed by atoms with van der Waals surface area (Å²) in [6.07, 6.45) is 4.45. The van der Waals surface area contributed by atoms with Gasteiger partial charge in [-0.05, 0) is 18.2 Å². The van der Waals surface area contributed by atoms with Crippen LogP contribution in [-0.4, -0.2) is 32.4 Å². The zero-order valence-electron chi connectivity index (χ0n) is 14.7. The highest BCUT2D eigenvalue weighted by Gasteiger charge is 2.13. The van der Waals surface area contributed by atoms with E-state index in [0.29, 0.717) is 30.8 Å². The lowest BCUT2D eigenvalue weighted by Crippen LogP contribution is -2.28. The van der Waals surface area contributed by atoms with Crippen LogP contribution >= 0.6 is 12.4 Å². The van der Waals surface area contributed by atoms with E-state index in [2.05, 4.69) is 31.9 Å². The Bertz CT molecular complexity index is 869. The van der Waals surface area contributed by atoms with E-state index < -0.39 is 0 Å². The first kappa shape index (κ1) is 19.1. The number of nitrogens with zero attached hydrogens (tertiary/aromatic N) is 4. The van der Waals surface area contributed by atoms with Gasteiger partial charge in [0.1, 0.15) is 5.69 Å². The van der Waals surface area contributed by atoms with E-state index >= 15 is 0 Å². The molecule has 0 unspecified atom stereocenters. The molecule has 0 atom stereocenters. The van der Waals surface area contributed by atoms with Crippen LogP contribution < -0.4 is 10.6 Å². The maximum absolute atomic E-state index is 12.1. The van der Waals surface area contributed by atoms with E-state index in [4.69, 9.17) is 4.52 Å². The zero-order chi connectivity index (χ0) is 17.8. The predicted molar refractivity (Wildman–Crippen MR) is 101 cm³/mol. The average Bonchev–Trinajstić information content (AvgIpc) is 3.32. The third-order valence-electron chi connectivity index (χ3n) is 4.30. The van der Waals surface area contributed by atoms with E-state index in [1.165, 1.54) is 5.69 Å². The molecule has 1 aliphatic heterocycles. The number of nitrogens with one attached hydrogen (secondary N) is 2. The summed E-state index contributed by atoms with van der Waals surface area (Å²) in [6.45, 7) is 2.97. The number of amides is 1. The number of carbonyl (C=O) groups is 1. The molecule has 4 rings (SSSR count). The molecule has 0 bridgehead atoms. The molecule has 3 aromatic rings. The van der Waals surface area contributed by atoms with Crippen molar-refractivity contribution in [1.29, 1.82) is 0 Å². The first-order valence-corrected chi connectivity index (χ1v) is 8.67. The Kier molecular flexibility index (Phi) is 6.20. The second-order valence-electron chi connectivity index (χ2n) is 6.22. The lowest BCUT2D eigenvalue weighted by Gasteiger charge is -2.13. The maximum Gasteiger partial charge on any atom is 0.220 e. The Hall–Kier alpha value is -2.71. The molecule has 0 radical (unpaired) electrons. The molecule has 8 nitrogen and oxygen atoms in total. The van der Waals surface area contributed by atoms with Gasteiger partial charge in [0, 0.05) is 50.0 Å². The van der Waals surface area contributed by atoms with Gasteiger partial charge in [0.25, 0.3) is 0 Å². The summed E-state index contributed by atoms with van der Waals surface area (Å²) in [5, 5.41) is 14.7. The van der Waals surface area contributed by atoms with Gasteiger partial charge in [0.05, 0.1) is 24.5 Å². The molecule has 0 aliphatic carbocycles. The molecule has 27 heavy (non-hydrogen) atoms. The van der Waals surface area contributed by atoms with Crippen LogP contribution in [0.5, 0.6) is 0 Å². The van der Waals surface area contributed by atoms with Gasteiger partial charge in [-0.15, -0.1) is 12.4 Å². The number of carbonyl (C=O) groups excluding carboxylic acids is 1. The summed E-state index contributed by atoms with van der Waals surface area (Å²) < 4.78 is 7.28. The largest absolute Gasteiger partial charge is 0.359 e. The third-order valence-corrected chi connectivity index (χ3v) is 4.30. The van der Waals surface area contributed by atoms with E-state index in [1.54, 1.807) is 12.4 Å². The number of pyridine rings is 1. The molecule has 4 heterocycles. The fraction of sp³-hybridized carbons (Fsp3) is 0.333. The van der Waals surface area contributed by atoms with Crippen LogP contribution in [0.1, 0.15) is 23.6 Å². The summed E-state index contributed by atoms with van der Waals surface area (Å²) in [4.78, 5) is 16.1. The molecule has 2 N–H and O–H groups in total. The lowest BCUT2D eigenvalue weighted by molar-refractivity contribution is -0.121. The van der Waals surface area contributed by atoms with Gasteiger partial charge < -0.3 is 15.2 Å². The van der Waals surface area contributed by atoms with Crippen molar-refractivity contribution in [3.63, 3.8) is 0 Å². The average molecular weight is 389 g/mol. The second-order valence-corrected chi connectivity index (χ2v) is 6.22. The van der Waals surface area contributed by atoms with Gasteiger partial charge in [-0.2, -0.15) is 5.10 Å². The Labute approximate surface area is 162 Å². The lowest BCUT2D eigenvalue weighted by atomic mass is 10.2. The highest BCUT2D eigenvalue weighted by molar-refractivity contribution is 5.85. The maximum atomic E-state index is 12.1. The molecule has 0 saturated carbocycles. The smallest absolute Gasteiger partial charge is 0.220 e. The monoisotopic (exact) mass is 388 g/mol. The molecule has 0 fully saturated rings. The van der Waals surface area contributed by atoms with E-state index in [1.807, 2.05) is 22.9 Å². The van der Waals surface area contributed by atoms with E-state index in [0.717, 1.165) is 30.9 Å². The molecule has 0 saturated heterocycles. The van der Waals surface area contributed by atoms with Crippen LogP contribution in [0.4, 0.5) is 0 Å². The van der Waals surface area contributed by atoms with Gasteiger partial charge in [-0.1, -0.05) is 5.16 Å². The first-order valence-electron chi connectivity index (χ1n) is 8.67. The summed E-state index contributed by atoms with van der Waals surface area (Å²) in [6, 6.07) is 7.63. The Balaban J connectivity index is 0.00000210. The second kappa shape index (κ2) is 8.79. The van der Waals surface area contributed by atoms with Crippen molar-refractivity contribution in [3.05, 3.63) is 53.8 Å². The number of rotatable bonds is 6. The summed E-state index contributed by atoms with van der Waals surface area (Å²) in [5.74, 6) is 0.578.